The van der Waals surface area contributed by atoms with E-state index in [2.05, 4.69) is 6.07 Å². The maximum atomic E-state index is 8.40. The molecule has 2 nitrogen and oxygen atoms in total. The molecule has 0 amide bonds. The molecule has 2 heteroatoms. The van der Waals surface area contributed by atoms with Gasteiger partial charge in [0, 0.05) is 7.11 Å². The van der Waals surface area contributed by atoms with Crippen molar-refractivity contribution in [3.63, 3.8) is 0 Å². The van der Waals surface area contributed by atoms with Gasteiger partial charge < -0.3 is 4.74 Å². The summed E-state index contributed by atoms with van der Waals surface area (Å²) in [5.74, 6) is 0. The first-order valence-corrected chi connectivity index (χ1v) is 3.52. The predicted molar refractivity (Wildman–Crippen MR) is 42.6 cm³/mol. The summed E-state index contributed by atoms with van der Waals surface area (Å²) in [5, 5.41) is 8.40. The molecule has 0 aromatic rings. The van der Waals surface area contributed by atoms with E-state index < -0.39 is 0 Å². The van der Waals surface area contributed by atoms with Crippen LogP contribution in [0.25, 0.3) is 0 Å². The highest BCUT2D eigenvalue weighted by Crippen LogP contribution is 2.11. The maximum Gasteiger partial charge on any atom is 0.0750 e. The summed E-state index contributed by atoms with van der Waals surface area (Å²) in [7, 11) is 1.60. The highest BCUT2D eigenvalue weighted by Gasteiger charge is 2.14. The van der Waals surface area contributed by atoms with Gasteiger partial charge in [0.2, 0.25) is 0 Å². The third-order valence-corrected chi connectivity index (χ3v) is 0.808. The number of nitriles is 1. The number of rotatable bonds is 2. The first kappa shape index (κ1) is 12.2. The second kappa shape index (κ2) is 6.57. The molecule has 10 heavy (non-hydrogen) atoms. The lowest BCUT2D eigenvalue weighted by atomic mass is 9.98. The van der Waals surface area contributed by atoms with Gasteiger partial charge in [0.05, 0.1) is 18.1 Å². The zero-order chi connectivity index (χ0) is 8.62. The van der Waals surface area contributed by atoms with Gasteiger partial charge in [-0.1, -0.05) is 13.8 Å². The van der Waals surface area contributed by atoms with Crippen LogP contribution < -0.4 is 0 Å². The molecule has 0 aromatic carbocycles. The van der Waals surface area contributed by atoms with Crippen molar-refractivity contribution in [2.45, 2.75) is 27.7 Å². The van der Waals surface area contributed by atoms with E-state index in [9.17, 15) is 0 Å². The molecule has 0 saturated heterocycles. The van der Waals surface area contributed by atoms with Crippen molar-refractivity contribution < 1.29 is 4.74 Å². The molecule has 0 aliphatic rings. The molecule has 0 fully saturated rings. The average Bonchev–Trinajstić information content (AvgIpc) is 1.93. The molecular formula is C8H17NO. The van der Waals surface area contributed by atoms with Crippen molar-refractivity contribution in [1.29, 1.82) is 5.26 Å². The molecule has 0 atom stereocenters. The number of hydrogen-bond donors (Lipinski definition) is 0. The molecule has 0 radical (unpaired) electrons. The minimum Gasteiger partial charge on any atom is -0.383 e. The van der Waals surface area contributed by atoms with Gasteiger partial charge in [-0.3, -0.25) is 0 Å². The average molecular weight is 143 g/mol. The molecule has 0 heterocycles. The lowest BCUT2D eigenvalue weighted by Gasteiger charge is -2.11. The fourth-order valence-electron chi connectivity index (χ4n) is 0.393. The van der Waals surface area contributed by atoms with Crippen molar-refractivity contribution in [3.8, 4) is 6.07 Å². The van der Waals surface area contributed by atoms with E-state index in [-0.39, 0.29) is 5.41 Å². The molecular weight excluding hydrogens is 126 g/mol. The molecule has 0 N–H and O–H groups in total. The summed E-state index contributed by atoms with van der Waals surface area (Å²) < 4.78 is 4.78. The third kappa shape index (κ3) is 7.45. The van der Waals surface area contributed by atoms with Crippen molar-refractivity contribution in [3.05, 3.63) is 0 Å². The van der Waals surface area contributed by atoms with E-state index in [0.29, 0.717) is 6.61 Å². The first-order chi connectivity index (χ1) is 4.62. The molecule has 0 unspecified atom stereocenters. The van der Waals surface area contributed by atoms with Gasteiger partial charge in [0.25, 0.3) is 0 Å². The minimum absolute atomic E-state index is 0.325. The third-order valence-electron chi connectivity index (χ3n) is 0.808. The predicted octanol–water partition coefficient (Wildman–Crippen LogP) is 2.21. The fourth-order valence-corrected chi connectivity index (χ4v) is 0.393. The van der Waals surface area contributed by atoms with E-state index in [0.717, 1.165) is 0 Å². The van der Waals surface area contributed by atoms with Gasteiger partial charge in [0.15, 0.2) is 0 Å². The Hall–Kier alpha value is -0.550. The lowest BCUT2D eigenvalue weighted by molar-refractivity contribution is 0.136. The van der Waals surface area contributed by atoms with Gasteiger partial charge in [-0.25, -0.2) is 0 Å². The second-order valence-electron chi connectivity index (χ2n) is 2.43. The van der Waals surface area contributed by atoms with Crippen molar-refractivity contribution >= 4 is 0 Å². The summed E-state index contributed by atoms with van der Waals surface area (Å²) >= 11 is 0. The van der Waals surface area contributed by atoms with Crippen LogP contribution >= 0.6 is 0 Å². The van der Waals surface area contributed by atoms with E-state index in [1.165, 1.54) is 0 Å². The normalized spacial score (nSPS) is 9.20. The van der Waals surface area contributed by atoms with Gasteiger partial charge in [-0.2, -0.15) is 5.26 Å². The zero-order valence-corrected chi connectivity index (χ0v) is 7.56. The van der Waals surface area contributed by atoms with E-state index >= 15 is 0 Å². The van der Waals surface area contributed by atoms with Crippen LogP contribution in [-0.4, -0.2) is 13.7 Å². The highest BCUT2D eigenvalue weighted by molar-refractivity contribution is 4.91. The number of nitrogens with zero attached hydrogens (tertiary/aromatic N) is 1. The van der Waals surface area contributed by atoms with Gasteiger partial charge in [0.1, 0.15) is 0 Å². The van der Waals surface area contributed by atoms with Crippen LogP contribution in [0.4, 0.5) is 0 Å². The van der Waals surface area contributed by atoms with Crippen molar-refractivity contribution in [1.82, 2.24) is 0 Å². The van der Waals surface area contributed by atoms with Crippen LogP contribution in [0.2, 0.25) is 0 Å². The van der Waals surface area contributed by atoms with Gasteiger partial charge in [-0.05, 0) is 13.8 Å². The quantitative estimate of drug-likeness (QED) is 0.593. The van der Waals surface area contributed by atoms with Crippen LogP contribution in [-0.2, 0) is 4.74 Å². The molecule has 0 aliphatic heterocycles. The van der Waals surface area contributed by atoms with Crippen LogP contribution in [0.1, 0.15) is 27.7 Å². The van der Waals surface area contributed by atoms with E-state index in [1.54, 1.807) is 7.11 Å². The van der Waals surface area contributed by atoms with Crippen LogP contribution in [0, 0.1) is 16.7 Å². The maximum absolute atomic E-state index is 8.40. The highest BCUT2D eigenvalue weighted by atomic mass is 16.5. The Bertz CT molecular complexity index is 102. The van der Waals surface area contributed by atoms with Crippen LogP contribution in [0.5, 0.6) is 0 Å². The van der Waals surface area contributed by atoms with Gasteiger partial charge >= 0.3 is 0 Å². The summed E-state index contributed by atoms with van der Waals surface area (Å²) in [6.45, 7) is 8.19. The van der Waals surface area contributed by atoms with Crippen LogP contribution in [0.15, 0.2) is 0 Å². The van der Waals surface area contributed by atoms with Crippen molar-refractivity contribution in [2.24, 2.45) is 5.41 Å². The lowest BCUT2D eigenvalue weighted by Crippen LogP contribution is -2.14. The Morgan fingerprint density at radius 3 is 1.90 bits per heavy atom. The van der Waals surface area contributed by atoms with E-state index in [4.69, 9.17) is 10.00 Å². The summed E-state index contributed by atoms with van der Waals surface area (Å²) in [6, 6.07) is 2.12. The molecule has 0 rings (SSSR count). The smallest absolute Gasteiger partial charge is 0.0750 e. The Morgan fingerprint density at radius 1 is 1.40 bits per heavy atom. The monoisotopic (exact) mass is 143 g/mol. The van der Waals surface area contributed by atoms with Crippen molar-refractivity contribution in [2.75, 3.05) is 13.7 Å². The largest absolute Gasteiger partial charge is 0.383 e. The molecule has 0 aromatic heterocycles. The molecule has 0 saturated carbocycles. The van der Waals surface area contributed by atoms with Gasteiger partial charge in [-0.15, -0.1) is 0 Å². The Balaban J connectivity index is 0. The number of methoxy groups -OCH3 is 1. The molecule has 0 spiro atoms. The summed E-state index contributed by atoms with van der Waals surface area (Å²) in [5.41, 5.74) is -0.325. The first-order valence-electron chi connectivity index (χ1n) is 3.52. The fraction of sp³-hybridized carbons (Fsp3) is 0.875. The Kier molecular flexibility index (Phi) is 7.99. The topological polar surface area (TPSA) is 33.0 Å². The van der Waals surface area contributed by atoms with Crippen LogP contribution in [0.3, 0.4) is 0 Å². The Labute approximate surface area is 63.8 Å². The number of hydrogen-bond acceptors (Lipinski definition) is 2. The van der Waals surface area contributed by atoms with E-state index in [1.807, 2.05) is 27.7 Å². The zero-order valence-electron chi connectivity index (χ0n) is 7.56. The standard InChI is InChI=1S/C6H11NO.C2H6/c1-6(2,4-7)5-8-3;1-2/h5H2,1-3H3;1-2H3. The SMILES string of the molecule is CC.COCC(C)(C)C#N. The number of ether oxygens (including phenoxy) is 1. The molecule has 0 bridgehead atoms. The Morgan fingerprint density at radius 2 is 1.80 bits per heavy atom. The summed E-state index contributed by atoms with van der Waals surface area (Å²) in [4.78, 5) is 0. The summed E-state index contributed by atoms with van der Waals surface area (Å²) in [6.07, 6.45) is 0. The molecule has 60 valence electrons. The minimum atomic E-state index is -0.325. The molecule has 0 aliphatic carbocycles. The second-order valence-corrected chi connectivity index (χ2v) is 2.43.